The molecule has 3 aromatic rings. The van der Waals surface area contributed by atoms with Gasteiger partial charge in [0, 0.05) is 12.2 Å². The van der Waals surface area contributed by atoms with Gasteiger partial charge in [-0.2, -0.15) is 5.26 Å². The third-order valence-corrected chi connectivity index (χ3v) is 4.88. The van der Waals surface area contributed by atoms with Crippen LogP contribution in [0.3, 0.4) is 0 Å². The second kappa shape index (κ2) is 8.67. The van der Waals surface area contributed by atoms with Crippen molar-refractivity contribution in [1.29, 1.82) is 5.26 Å². The van der Waals surface area contributed by atoms with Crippen LogP contribution in [0.1, 0.15) is 22.4 Å². The number of nitriles is 1. The minimum atomic E-state index is -0.802. The van der Waals surface area contributed by atoms with E-state index >= 15 is 0 Å². The van der Waals surface area contributed by atoms with Crippen LogP contribution in [0.15, 0.2) is 52.4 Å². The first-order valence-corrected chi connectivity index (χ1v) is 9.22. The van der Waals surface area contributed by atoms with Crippen molar-refractivity contribution in [3.05, 3.63) is 86.8 Å². The summed E-state index contributed by atoms with van der Waals surface area (Å²) in [6, 6.07) is 13.6. The van der Waals surface area contributed by atoms with Crippen molar-refractivity contribution in [2.75, 3.05) is 7.11 Å². The van der Waals surface area contributed by atoms with Gasteiger partial charge < -0.3 is 9.72 Å². The van der Waals surface area contributed by atoms with Crippen LogP contribution in [-0.4, -0.2) is 17.1 Å². The summed E-state index contributed by atoms with van der Waals surface area (Å²) in [5.41, 5.74) is 1.05. The fourth-order valence-electron chi connectivity index (χ4n) is 2.64. The molecule has 1 N–H and O–H groups in total. The van der Waals surface area contributed by atoms with Gasteiger partial charge in [0.25, 0.3) is 5.56 Å². The van der Waals surface area contributed by atoms with E-state index in [0.29, 0.717) is 17.7 Å². The Morgan fingerprint density at radius 3 is 2.46 bits per heavy atom. The molecule has 0 aliphatic rings. The van der Waals surface area contributed by atoms with Crippen LogP contribution in [0.5, 0.6) is 5.75 Å². The maximum absolute atomic E-state index is 13.8. The Hall–Kier alpha value is -3.18. The summed E-state index contributed by atoms with van der Waals surface area (Å²) in [6.07, 6.45) is 0.326. The molecule has 8 heteroatoms. The van der Waals surface area contributed by atoms with Crippen LogP contribution in [0.4, 0.5) is 8.78 Å². The van der Waals surface area contributed by atoms with Gasteiger partial charge in [-0.1, -0.05) is 42.1 Å². The van der Waals surface area contributed by atoms with E-state index in [1.807, 2.05) is 36.4 Å². The molecule has 0 saturated heterocycles. The number of thioether (sulfide) groups is 1. The number of hydrogen-bond donors (Lipinski definition) is 1. The van der Waals surface area contributed by atoms with Gasteiger partial charge in [-0.3, -0.25) is 4.79 Å². The van der Waals surface area contributed by atoms with Crippen molar-refractivity contribution < 1.29 is 13.5 Å². The number of benzene rings is 2. The maximum Gasteiger partial charge on any atom is 0.269 e. The molecular weight excluding hydrogens is 384 g/mol. The molecule has 142 valence electrons. The van der Waals surface area contributed by atoms with Crippen LogP contribution in [0.25, 0.3) is 0 Å². The summed E-state index contributed by atoms with van der Waals surface area (Å²) < 4.78 is 32.3. The molecule has 2 aromatic carbocycles. The number of halogens is 2. The summed E-state index contributed by atoms with van der Waals surface area (Å²) in [4.78, 5) is 19.1. The number of methoxy groups -OCH3 is 1. The zero-order valence-corrected chi connectivity index (χ0v) is 15.6. The zero-order chi connectivity index (χ0) is 20.1. The van der Waals surface area contributed by atoms with E-state index in [1.54, 1.807) is 0 Å². The number of aromatic amines is 1. The van der Waals surface area contributed by atoms with Gasteiger partial charge >= 0.3 is 0 Å². The molecule has 0 atom stereocenters. The van der Waals surface area contributed by atoms with Crippen molar-refractivity contribution in [3.63, 3.8) is 0 Å². The summed E-state index contributed by atoms with van der Waals surface area (Å²) in [6.45, 7) is 0. The lowest BCUT2D eigenvalue weighted by molar-refractivity contribution is 0.359. The first-order chi connectivity index (χ1) is 13.5. The fraction of sp³-hybridized carbons (Fsp3) is 0.150. The van der Waals surface area contributed by atoms with Crippen LogP contribution >= 0.6 is 11.8 Å². The summed E-state index contributed by atoms with van der Waals surface area (Å²) >= 11 is 1.11. The molecule has 1 aromatic heterocycles. The molecule has 5 nitrogen and oxygen atoms in total. The number of H-pyrrole nitrogens is 1. The molecule has 0 amide bonds. The molecule has 0 saturated carbocycles. The lowest BCUT2D eigenvalue weighted by atomic mass is 10.1. The monoisotopic (exact) mass is 399 g/mol. The number of hydrogen-bond acceptors (Lipinski definition) is 5. The second-order valence-electron chi connectivity index (χ2n) is 5.85. The second-order valence-corrected chi connectivity index (χ2v) is 6.81. The average Bonchev–Trinajstić information content (AvgIpc) is 2.67. The number of aromatic nitrogens is 2. The molecule has 1 heterocycles. The standard InChI is InChI=1S/C20H15F2N3O2S/c1-27-18-15(21)7-13(8-16(18)22)11-28-20-24-17(14(10-23)19(26)25-20)9-12-5-3-2-4-6-12/h2-8H,9,11H2,1H3,(H,24,25,26). The quantitative estimate of drug-likeness (QED) is 0.504. The molecule has 0 unspecified atom stereocenters. The highest BCUT2D eigenvalue weighted by Crippen LogP contribution is 2.26. The molecule has 0 aliphatic carbocycles. The first-order valence-electron chi connectivity index (χ1n) is 8.23. The lowest BCUT2D eigenvalue weighted by Gasteiger charge is -2.08. The molecule has 0 bridgehead atoms. The number of rotatable bonds is 6. The highest BCUT2D eigenvalue weighted by Gasteiger charge is 2.14. The average molecular weight is 399 g/mol. The van der Waals surface area contributed by atoms with Crippen LogP contribution in [0, 0.1) is 23.0 Å². The Bertz CT molecular complexity index is 1070. The third kappa shape index (κ3) is 4.38. The van der Waals surface area contributed by atoms with Gasteiger partial charge in [-0.25, -0.2) is 13.8 Å². The topological polar surface area (TPSA) is 78.8 Å². The zero-order valence-electron chi connectivity index (χ0n) is 14.8. The Morgan fingerprint density at radius 2 is 1.86 bits per heavy atom. The van der Waals surface area contributed by atoms with E-state index in [-0.39, 0.29) is 16.5 Å². The number of ether oxygens (including phenoxy) is 1. The smallest absolute Gasteiger partial charge is 0.269 e. The molecule has 28 heavy (non-hydrogen) atoms. The minimum absolute atomic E-state index is 0.0465. The highest BCUT2D eigenvalue weighted by atomic mass is 32.2. The van der Waals surface area contributed by atoms with Crippen LogP contribution in [-0.2, 0) is 12.2 Å². The number of nitrogens with one attached hydrogen (secondary N) is 1. The normalized spacial score (nSPS) is 10.5. The Morgan fingerprint density at radius 1 is 1.18 bits per heavy atom. The van der Waals surface area contributed by atoms with E-state index in [9.17, 15) is 18.8 Å². The fourth-order valence-corrected chi connectivity index (χ4v) is 3.45. The summed E-state index contributed by atoms with van der Waals surface area (Å²) in [5, 5.41) is 9.54. The maximum atomic E-state index is 13.8. The Kier molecular flexibility index (Phi) is 6.06. The SMILES string of the molecule is COc1c(F)cc(CSc2nc(Cc3ccccc3)c(C#N)c(=O)[nH]2)cc1F. The van der Waals surface area contributed by atoms with Gasteiger partial charge in [-0.15, -0.1) is 0 Å². The lowest BCUT2D eigenvalue weighted by Crippen LogP contribution is -2.17. The van der Waals surface area contributed by atoms with Crippen LogP contribution < -0.4 is 10.3 Å². The molecule has 0 radical (unpaired) electrons. The summed E-state index contributed by atoms with van der Waals surface area (Å²) in [5.74, 6) is -1.87. The van der Waals surface area contributed by atoms with Crippen molar-refractivity contribution in [3.8, 4) is 11.8 Å². The van der Waals surface area contributed by atoms with Crippen molar-refractivity contribution in [2.45, 2.75) is 17.3 Å². The molecule has 3 rings (SSSR count). The van der Waals surface area contributed by atoms with E-state index in [0.717, 1.165) is 17.3 Å². The third-order valence-electron chi connectivity index (χ3n) is 3.94. The van der Waals surface area contributed by atoms with Gasteiger partial charge in [0.2, 0.25) is 0 Å². The molecular formula is C20H15F2N3O2S. The predicted octanol–water partition coefficient (Wildman–Crippen LogP) is 3.81. The summed E-state index contributed by atoms with van der Waals surface area (Å²) in [7, 11) is 1.19. The first kappa shape index (κ1) is 19.6. The molecule has 0 fully saturated rings. The predicted molar refractivity (Wildman–Crippen MR) is 101 cm³/mol. The van der Waals surface area contributed by atoms with Crippen LogP contribution in [0.2, 0.25) is 0 Å². The van der Waals surface area contributed by atoms with Crippen molar-refractivity contribution in [1.82, 2.24) is 9.97 Å². The van der Waals surface area contributed by atoms with E-state index in [2.05, 4.69) is 14.7 Å². The number of nitrogens with zero attached hydrogens (tertiary/aromatic N) is 2. The van der Waals surface area contributed by atoms with Crippen molar-refractivity contribution in [2.24, 2.45) is 0 Å². The van der Waals surface area contributed by atoms with E-state index in [1.165, 1.54) is 19.2 Å². The van der Waals surface area contributed by atoms with E-state index in [4.69, 9.17) is 0 Å². The van der Waals surface area contributed by atoms with Gasteiger partial charge in [0.05, 0.1) is 12.8 Å². The van der Waals surface area contributed by atoms with E-state index < -0.39 is 22.9 Å². The Balaban J connectivity index is 1.85. The van der Waals surface area contributed by atoms with Gasteiger partial charge in [-0.05, 0) is 23.3 Å². The molecule has 0 aliphatic heterocycles. The van der Waals surface area contributed by atoms with Gasteiger partial charge in [0.1, 0.15) is 11.6 Å². The largest absolute Gasteiger partial charge is 0.491 e. The Labute approximate surface area is 164 Å². The highest BCUT2D eigenvalue weighted by molar-refractivity contribution is 7.98. The van der Waals surface area contributed by atoms with Gasteiger partial charge in [0.15, 0.2) is 22.5 Å². The van der Waals surface area contributed by atoms with Crippen molar-refractivity contribution >= 4 is 11.8 Å². The minimum Gasteiger partial charge on any atom is -0.491 e. The molecule has 0 spiro atoms.